The molecule has 124 valence electrons. The predicted molar refractivity (Wildman–Crippen MR) is 100 cm³/mol. The van der Waals surface area contributed by atoms with Gasteiger partial charge in [0, 0.05) is 35.6 Å². The van der Waals surface area contributed by atoms with Gasteiger partial charge in [0.25, 0.3) is 5.91 Å². The second-order valence-corrected chi connectivity index (χ2v) is 7.77. The lowest BCUT2D eigenvalue weighted by atomic mass is 10.2. The highest BCUT2D eigenvalue weighted by atomic mass is 35.5. The van der Waals surface area contributed by atoms with Crippen LogP contribution in [0.2, 0.25) is 4.34 Å². The maximum atomic E-state index is 12.6. The second kappa shape index (κ2) is 7.42. The topological polar surface area (TPSA) is 38.1 Å². The van der Waals surface area contributed by atoms with E-state index in [1.165, 1.54) is 11.3 Å². The lowest BCUT2D eigenvalue weighted by Crippen LogP contribution is -2.25. The van der Waals surface area contributed by atoms with Crippen molar-refractivity contribution in [3.8, 4) is 5.69 Å². The molecule has 24 heavy (non-hydrogen) atoms. The number of amides is 1. The number of aromatic nitrogens is 2. The first kappa shape index (κ1) is 17.1. The van der Waals surface area contributed by atoms with E-state index >= 15 is 0 Å². The Morgan fingerprint density at radius 2 is 2.04 bits per heavy atom. The van der Waals surface area contributed by atoms with Crippen molar-refractivity contribution in [2.45, 2.75) is 11.7 Å². The third-order valence-electron chi connectivity index (χ3n) is 3.55. The SMILES string of the molecule is CSc1nccn1-c1ccc(C(=O)N(C)Cc2ccc(Cl)s2)cc1. The van der Waals surface area contributed by atoms with Crippen LogP contribution < -0.4 is 0 Å². The number of carbonyl (C=O) groups excluding carboxylic acids is 1. The van der Waals surface area contributed by atoms with Crippen LogP contribution in [0.25, 0.3) is 5.69 Å². The fourth-order valence-corrected chi connectivity index (χ4v) is 4.03. The van der Waals surface area contributed by atoms with Gasteiger partial charge in [0.05, 0.1) is 10.9 Å². The van der Waals surface area contributed by atoms with Crippen LogP contribution in [0, 0.1) is 0 Å². The first-order valence-electron chi connectivity index (χ1n) is 7.26. The number of rotatable bonds is 5. The lowest BCUT2D eigenvalue weighted by molar-refractivity contribution is 0.0786. The Kier molecular flexibility index (Phi) is 5.28. The van der Waals surface area contributed by atoms with Crippen molar-refractivity contribution in [1.82, 2.24) is 14.5 Å². The van der Waals surface area contributed by atoms with Crippen LogP contribution in [-0.2, 0) is 6.54 Å². The van der Waals surface area contributed by atoms with Gasteiger partial charge >= 0.3 is 0 Å². The van der Waals surface area contributed by atoms with E-state index in [9.17, 15) is 4.79 Å². The van der Waals surface area contributed by atoms with Gasteiger partial charge in [-0.05, 0) is 42.7 Å². The molecule has 0 unspecified atom stereocenters. The highest BCUT2D eigenvalue weighted by molar-refractivity contribution is 7.98. The Bertz CT molecular complexity index is 842. The number of nitrogens with zero attached hydrogens (tertiary/aromatic N) is 3. The monoisotopic (exact) mass is 377 g/mol. The third-order valence-corrected chi connectivity index (χ3v) is 5.43. The number of thioether (sulfide) groups is 1. The van der Waals surface area contributed by atoms with Gasteiger partial charge in [-0.15, -0.1) is 11.3 Å². The van der Waals surface area contributed by atoms with Crippen molar-refractivity contribution in [3.63, 3.8) is 0 Å². The Morgan fingerprint density at radius 3 is 2.67 bits per heavy atom. The molecule has 0 bridgehead atoms. The maximum absolute atomic E-state index is 12.6. The maximum Gasteiger partial charge on any atom is 0.253 e. The summed E-state index contributed by atoms with van der Waals surface area (Å²) >= 11 is 9.01. The normalized spacial score (nSPS) is 10.8. The van der Waals surface area contributed by atoms with Gasteiger partial charge in [-0.25, -0.2) is 4.98 Å². The molecule has 0 aliphatic rings. The number of carbonyl (C=O) groups is 1. The number of thiophene rings is 1. The van der Waals surface area contributed by atoms with Crippen molar-refractivity contribution >= 4 is 40.6 Å². The van der Waals surface area contributed by atoms with Gasteiger partial charge in [-0.2, -0.15) is 0 Å². The fraction of sp³-hybridized carbons (Fsp3) is 0.176. The summed E-state index contributed by atoms with van der Waals surface area (Å²) in [5, 5.41) is 0.917. The van der Waals surface area contributed by atoms with Gasteiger partial charge in [0.15, 0.2) is 5.16 Å². The molecule has 7 heteroatoms. The molecule has 0 radical (unpaired) electrons. The van der Waals surface area contributed by atoms with E-state index in [0.29, 0.717) is 12.1 Å². The molecule has 2 heterocycles. The first-order valence-corrected chi connectivity index (χ1v) is 9.68. The summed E-state index contributed by atoms with van der Waals surface area (Å²) < 4.78 is 2.73. The number of hydrogen-bond donors (Lipinski definition) is 0. The zero-order valence-corrected chi connectivity index (χ0v) is 15.7. The van der Waals surface area contributed by atoms with E-state index in [4.69, 9.17) is 11.6 Å². The van der Waals surface area contributed by atoms with E-state index in [1.54, 1.807) is 29.9 Å². The molecule has 3 aromatic rings. The molecule has 0 saturated carbocycles. The lowest BCUT2D eigenvalue weighted by Gasteiger charge is -2.16. The molecule has 0 saturated heterocycles. The van der Waals surface area contributed by atoms with E-state index in [0.717, 1.165) is 20.1 Å². The number of halogens is 1. The van der Waals surface area contributed by atoms with E-state index in [1.807, 2.05) is 53.4 Å². The van der Waals surface area contributed by atoms with E-state index < -0.39 is 0 Å². The molecular weight excluding hydrogens is 362 g/mol. The summed E-state index contributed by atoms with van der Waals surface area (Å²) in [7, 11) is 1.80. The Hall–Kier alpha value is -1.76. The quantitative estimate of drug-likeness (QED) is 0.611. The molecule has 0 N–H and O–H groups in total. The van der Waals surface area contributed by atoms with Crippen LogP contribution in [0.1, 0.15) is 15.2 Å². The highest BCUT2D eigenvalue weighted by Gasteiger charge is 2.13. The minimum atomic E-state index is -0.0122. The first-order chi connectivity index (χ1) is 11.6. The summed E-state index contributed by atoms with van der Waals surface area (Å²) in [6.45, 7) is 0.552. The van der Waals surface area contributed by atoms with E-state index in [-0.39, 0.29) is 5.91 Å². The summed E-state index contributed by atoms with van der Waals surface area (Å²) in [6.07, 6.45) is 5.67. The predicted octanol–water partition coefficient (Wildman–Crippen LogP) is 4.58. The van der Waals surface area contributed by atoms with Gasteiger partial charge in [0.2, 0.25) is 0 Å². The van der Waals surface area contributed by atoms with Crippen LogP contribution >= 0.6 is 34.7 Å². The van der Waals surface area contributed by atoms with Crippen molar-refractivity contribution in [1.29, 1.82) is 0 Å². The van der Waals surface area contributed by atoms with Gasteiger partial charge in [0.1, 0.15) is 0 Å². The average Bonchev–Trinajstić information content (AvgIpc) is 3.23. The minimum absolute atomic E-state index is 0.0122. The molecule has 1 aromatic carbocycles. The average molecular weight is 378 g/mol. The minimum Gasteiger partial charge on any atom is -0.337 e. The molecule has 2 aromatic heterocycles. The van der Waals surface area contributed by atoms with Crippen LogP contribution in [0.15, 0.2) is 53.9 Å². The standard InChI is InChI=1S/C17H16ClN3OS2/c1-20(11-14-7-8-15(18)24-14)16(22)12-3-5-13(6-4-12)21-10-9-19-17(21)23-2/h3-10H,11H2,1-2H3. The van der Waals surface area contributed by atoms with Gasteiger partial charge in [-0.1, -0.05) is 23.4 Å². The van der Waals surface area contributed by atoms with Gasteiger partial charge < -0.3 is 4.90 Å². The molecule has 3 rings (SSSR count). The molecule has 0 atom stereocenters. The number of hydrogen-bond acceptors (Lipinski definition) is 4. The van der Waals surface area contributed by atoms with Crippen LogP contribution in [0.4, 0.5) is 0 Å². The Balaban J connectivity index is 1.74. The fourth-order valence-electron chi connectivity index (χ4n) is 2.36. The molecular formula is C17H16ClN3OS2. The Morgan fingerprint density at radius 1 is 1.29 bits per heavy atom. The summed E-state index contributed by atoms with van der Waals surface area (Å²) in [6, 6.07) is 11.4. The molecule has 4 nitrogen and oxygen atoms in total. The number of benzene rings is 1. The zero-order valence-electron chi connectivity index (χ0n) is 13.3. The van der Waals surface area contributed by atoms with Crippen molar-refractivity contribution < 1.29 is 4.79 Å². The summed E-state index contributed by atoms with van der Waals surface area (Å²) in [5.41, 5.74) is 1.65. The summed E-state index contributed by atoms with van der Waals surface area (Å²) in [5.74, 6) is -0.0122. The van der Waals surface area contributed by atoms with Crippen molar-refractivity contribution in [2.75, 3.05) is 13.3 Å². The van der Waals surface area contributed by atoms with Crippen LogP contribution in [0.5, 0.6) is 0 Å². The number of imidazole rings is 1. The molecule has 0 spiro atoms. The molecule has 0 aliphatic carbocycles. The smallest absolute Gasteiger partial charge is 0.253 e. The van der Waals surface area contributed by atoms with Gasteiger partial charge in [-0.3, -0.25) is 9.36 Å². The Labute approximate surface area is 154 Å². The highest BCUT2D eigenvalue weighted by Crippen LogP contribution is 2.23. The largest absolute Gasteiger partial charge is 0.337 e. The summed E-state index contributed by atoms with van der Waals surface area (Å²) in [4.78, 5) is 19.6. The molecule has 0 aliphatic heterocycles. The van der Waals surface area contributed by atoms with E-state index in [2.05, 4.69) is 4.98 Å². The van der Waals surface area contributed by atoms with Crippen LogP contribution in [-0.4, -0.2) is 33.7 Å². The molecule has 0 fully saturated rings. The van der Waals surface area contributed by atoms with Crippen molar-refractivity contribution in [3.05, 3.63) is 63.6 Å². The second-order valence-electron chi connectivity index (χ2n) is 5.20. The third kappa shape index (κ3) is 3.66. The van der Waals surface area contributed by atoms with Crippen molar-refractivity contribution in [2.24, 2.45) is 0 Å². The van der Waals surface area contributed by atoms with Crippen LogP contribution in [0.3, 0.4) is 0 Å². The molecule has 1 amide bonds. The zero-order chi connectivity index (χ0) is 17.1.